The predicted octanol–water partition coefficient (Wildman–Crippen LogP) is 3.54. The van der Waals surface area contributed by atoms with E-state index in [1.807, 2.05) is 24.3 Å². The van der Waals surface area contributed by atoms with E-state index in [0.29, 0.717) is 15.8 Å². The lowest BCUT2D eigenvalue weighted by molar-refractivity contribution is -0.139. The summed E-state index contributed by atoms with van der Waals surface area (Å²) >= 11 is 3.29. The summed E-state index contributed by atoms with van der Waals surface area (Å²) in [5.41, 5.74) is 3.14. The van der Waals surface area contributed by atoms with Crippen LogP contribution in [0.5, 0.6) is 11.5 Å². The Morgan fingerprint density at radius 2 is 1.82 bits per heavy atom. The molecule has 0 aliphatic rings. The van der Waals surface area contributed by atoms with Crippen LogP contribution in [0, 0.1) is 0 Å². The van der Waals surface area contributed by atoms with E-state index in [2.05, 4.69) is 26.5 Å². The summed E-state index contributed by atoms with van der Waals surface area (Å²) in [6.45, 7) is -0.447. The summed E-state index contributed by atoms with van der Waals surface area (Å²) in [6.07, 6.45) is 1.42. The van der Waals surface area contributed by atoms with Gasteiger partial charge in [0, 0.05) is 0 Å². The highest BCUT2D eigenvalue weighted by Gasteiger charge is 2.12. The Labute approximate surface area is 168 Å². The van der Waals surface area contributed by atoms with Gasteiger partial charge in [0.05, 0.1) is 16.3 Å². The van der Waals surface area contributed by atoms with Gasteiger partial charge in [0.15, 0.2) is 6.61 Å². The van der Waals surface area contributed by atoms with E-state index in [-0.39, 0.29) is 11.3 Å². The normalized spacial score (nSPS) is 10.9. The van der Waals surface area contributed by atoms with Crippen LogP contribution in [0.15, 0.2) is 64.2 Å². The number of carboxylic acids is 1. The highest BCUT2D eigenvalue weighted by Crippen LogP contribution is 2.26. The number of ether oxygens (including phenoxy) is 1. The molecule has 0 aromatic heterocycles. The molecule has 0 bridgehead atoms. The number of phenolic OH excluding ortho intramolecular Hbond substituents is 1. The monoisotopic (exact) mass is 442 g/mol. The molecule has 1 amide bonds. The van der Waals surface area contributed by atoms with Crippen molar-refractivity contribution in [1.82, 2.24) is 5.43 Å². The molecule has 7 nitrogen and oxygen atoms in total. The fraction of sp³-hybridized carbons (Fsp3) is 0.0500. The van der Waals surface area contributed by atoms with Crippen molar-refractivity contribution in [2.75, 3.05) is 6.61 Å². The highest BCUT2D eigenvalue weighted by molar-refractivity contribution is 9.10. The number of benzene rings is 3. The number of fused-ring (bicyclic) bond motifs is 1. The standard InChI is InChI=1S/C20H15BrN2O5/c21-16-7-12(5-6-18(16)28-11-19(25)26)10-22-23-20(27)15-8-13-3-1-2-4-14(13)9-17(15)24/h1-10,24H,11H2,(H,23,27)(H,25,26). The van der Waals surface area contributed by atoms with Crippen LogP contribution >= 0.6 is 15.9 Å². The van der Waals surface area contributed by atoms with Crippen molar-refractivity contribution in [1.29, 1.82) is 0 Å². The molecule has 28 heavy (non-hydrogen) atoms. The van der Waals surface area contributed by atoms with Crippen LogP contribution in [0.3, 0.4) is 0 Å². The average Bonchev–Trinajstić information content (AvgIpc) is 2.66. The topological polar surface area (TPSA) is 108 Å². The molecule has 0 aliphatic heterocycles. The molecule has 0 heterocycles. The van der Waals surface area contributed by atoms with Crippen molar-refractivity contribution in [3.05, 3.63) is 70.2 Å². The van der Waals surface area contributed by atoms with Crippen LogP contribution in [-0.2, 0) is 4.79 Å². The number of hydrogen-bond donors (Lipinski definition) is 3. The Balaban J connectivity index is 1.69. The Morgan fingerprint density at radius 1 is 1.11 bits per heavy atom. The van der Waals surface area contributed by atoms with E-state index in [1.165, 1.54) is 12.3 Å². The molecule has 0 spiro atoms. The number of aromatic hydroxyl groups is 1. The number of hydrazone groups is 1. The molecule has 142 valence electrons. The number of hydrogen-bond acceptors (Lipinski definition) is 5. The Hall–Kier alpha value is -3.39. The molecule has 0 radical (unpaired) electrons. The second-order valence-electron chi connectivity index (χ2n) is 5.79. The van der Waals surface area contributed by atoms with Gasteiger partial charge < -0.3 is 14.9 Å². The first-order valence-corrected chi connectivity index (χ1v) is 8.92. The van der Waals surface area contributed by atoms with E-state index < -0.39 is 18.5 Å². The fourth-order valence-electron chi connectivity index (χ4n) is 2.49. The van der Waals surface area contributed by atoms with Gasteiger partial charge in [0.25, 0.3) is 5.91 Å². The maximum Gasteiger partial charge on any atom is 0.341 e. The first kappa shape index (κ1) is 19.4. The quantitative estimate of drug-likeness (QED) is 0.399. The van der Waals surface area contributed by atoms with Crippen LogP contribution in [0.1, 0.15) is 15.9 Å². The van der Waals surface area contributed by atoms with Gasteiger partial charge in [-0.2, -0.15) is 5.10 Å². The Kier molecular flexibility index (Phi) is 5.90. The number of amides is 1. The second kappa shape index (κ2) is 8.53. The summed E-state index contributed by atoms with van der Waals surface area (Å²) in [4.78, 5) is 22.8. The molecule has 0 atom stereocenters. The van der Waals surface area contributed by atoms with E-state index in [0.717, 1.165) is 10.8 Å². The minimum atomic E-state index is -1.07. The van der Waals surface area contributed by atoms with Gasteiger partial charge in [0.1, 0.15) is 11.5 Å². The Bertz CT molecular complexity index is 1080. The van der Waals surface area contributed by atoms with Gasteiger partial charge in [-0.05, 0) is 62.6 Å². The summed E-state index contributed by atoms with van der Waals surface area (Å²) < 4.78 is 5.67. The summed E-state index contributed by atoms with van der Waals surface area (Å²) in [6, 6.07) is 15.4. The molecule has 0 saturated heterocycles. The first-order chi connectivity index (χ1) is 13.4. The largest absolute Gasteiger partial charge is 0.507 e. The van der Waals surface area contributed by atoms with Crippen LogP contribution < -0.4 is 10.2 Å². The zero-order chi connectivity index (χ0) is 20.1. The number of carbonyl (C=O) groups is 2. The lowest BCUT2D eigenvalue weighted by Crippen LogP contribution is -2.17. The third kappa shape index (κ3) is 4.66. The van der Waals surface area contributed by atoms with Crippen molar-refractivity contribution in [3.8, 4) is 11.5 Å². The molecule has 0 unspecified atom stereocenters. The van der Waals surface area contributed by atoms with E-state index in [9.17, 15) is 14.7 Å². The van der Waals surface area contributed by atoms with Crippen molar-refractivity contribution in [3.63, 3.8) is 0 Å². The number of carbonyl (C=O) groups excluding carboxylic acids is 1. The van der Waals surface area contributed by atoms with Gasteiger partial charge in [-0.15, -0.1) is 0 Å². The van der Waals surface area contributed by atoms with Crippen molar-refractivity contribution in [2.45, 2.75) is 0 Å². The molecule has 8 heteroatoms. The zero-order valence-electron chi connectivity index (χ0n) is 14.4. The van der Waals surface area contributed by atoms with Gasteiger partial charge in [-0.3, -0.25) is 4.79 Å². The van der Waals surface area contributed by atoms with Crippen molar-refractivity contribution in [2.24, 2.45) is 5.10 Å². The maximum atomic E-state index is 12.3. The van der Waals surface area contributed by atoms with Crippen LogP contribution in [0.2, 0.25) is 0 Å². The molecule has 0 saturated carbocycles. The van der Waals surface area contributed by atoms with Crippen molar-refractivity contribution < 1.29 is 24.5 Å². The molecular formula is C20H15BrN2O5. The maximum absolute atomic E-state index is 12.3. The number of phenols is 1. The lowest BCUT2D eigenvalue weighted by Gasteiger charge is -2.07. The fourth-order valence-corrected chi connectivity index (χ4v) is 3.00. The second-order valence-corrected chi connectivity index (χ2v) is 6.64. The summed E-state index contributed by atoms with van der Waals surface area (Å²) in [5, 5.41) is 24.3. The molecule has 3 N–H and O–H groups in total. The Morgan fingerprint density at radius 3 is 2.50 bits per heavy atom. The number of halogens is 1. The summed E-state index contributed by atoms with van der Waals surface area (Å²) in [7, 11) is 0. The smallest absolute Gasteiger partial charge is 0.341 e. The molecule has 3 rings (SSSR count). The van der Waals surface area contributed by atoms with Gasteiger partial charge in [-0.25, -0.2) is 10.2 Å². The third-order valence-corrected chi connectivity index (χ3v) is 4.42. The molecule has 0 fully saturated rings. The summed E-state index contributed by atoms with van der Waals surface area (Å²) in [5.74, 6) is -1.36. The van der Waals surface area contributed by atoms with Crippen LogP contribution in [0.4, 0.5) is 0 Å². The van der Waals surface area contributed by atoms with Crippen molar-refractivity contribution >= 4 is 44.8 Å². The van der Waals surface area contributed by atoms with E-state index in [1.54, 1.807) is 24.3 Å². The predicted molar refractivity (Wildman–Crippen MR) is 108 cm³/mol. The molecule has 0 aliphatic carbocycles. The van der Waals surface area contributed by atoms with E-state index in [4.69, 9.17) is 9.84 Å². The SMILES string of the molecule is O=C(O)COc1ccc(C=NNC(=O)c2cc3ccccc3cc2O)cc1Br. The number of carboxylic acid groups (broad SMARTS) is 1. The minimum absolute atomic E-state index is 0.120. The zero-order valence-corrected chi connectivity index (χ0v) is 16.0. The molecule has 3 aromatic rings. The number of nitrogens with one attached hydrogen (secondary N) is 1. The van der Waals surface area contributed by atoms with E-state index >= 15 is 0 Å². The van der Waals surface area contributed by atoms with Gasteiger partial charge in [-0.1, -0.05) is 24.3 Å². The van der Waals surface area contributed by atoms with Gasteiger partial charge in [0.2, 0.25) is 0 Å². The molecule has 3 aromatic carbocycles. The highest BCUT2D eigenvalue weighted by atomic mass is 79.9. The first-order valence-electron chi connectivity index (χ1n) is 8.13. The average molecular weight is 443 g/mol. The minimum Gasteiger partial charge on any atom is -0.507 e. The number of rotatable bonds is 6. The number of nitrogens with zero attached hydrogens (tertiary/aromatic N) is 1. The lowest BCUT2D eigenvalue weighted by atomic mass is 10.1. The van der Waals surface area contributed by atoms with Crippen LogP contribution in [0.25, 0.3) is 10.8 Å². The third-order valence-electron chi connectivity index (χ3n) is 3.80. The van der Waals surface area contributed by atoms with Crippen LogP contribution in [-0.4, -0.2) is 34.9 Å². The number of aliphatic carboxylic acids is 1. The molecular weight excluding hydrogens is 428 g/mol. The van der Waals surface area contributed by atoms with Gasteiger partial charge >= 0.3 is 5.97 Å².